The van der Waals surface area contributed by atoms with Gasteiger partial charge in [-0.25, -0.2) is 0 Å². The van der Waals surface area contributed by atoms with Gasteiger partial charge in [0.05, 0.1) is 4.88 Å². The summed E-state index contributed by atoms with van der Waals surface area (Å²) in [6.45, 7) is 8.62. The average molecular weight is 274 g/mol. The van der Waals surface area contributed by atoms with Crippen LogP contribution in [0.5, 0.6) is 11.5 Å². The molecular weight excluding hydrogens is 256 g/mol. The minimum absolute atomic E-state index is 0.135. The normalized spacial score (nSPS) is 11.4. The van der Waals surface area contributed by atoms with Gasteiger partial charge < -0.3 is 4.74 Å². The van der Waals surface area contributed by atoms with E-state index in [2.05, 4.69) is 32.9 Å². The molecule has 2 nitrogen and oxygen atoms in total. The van der Waals surface area contributed by atoms with Gasteiger partial charge in [-0.3, -0.25) is 4.79 Å². The number of aryl methyl sites for hydroxylation is 1. The smallest absolute Gasteiger partial charge is 0.160 e. The first-order valence-corrected chi connectivity index (χ1v) is 7.11. The van der Waals surface area contributed by atoms with Crippen LogP contribution >= 0.6 is 11.3 Å². The lowest BCUT2D eigenvalue weighted by Gasteiger charge is -2.20. The fourth-order valence-corrected chi connectivity index (χ4v) is 2.42. The van der Waals surface area contributed by atoms with Gasteiger partial charge >= 0.3 is 0 Å². The fourth-order valence-electron chi connectivity index (χ4n) is 1.81. The molecule has 3 heteroatoms. The van der Waals surface area contributed by atoms with Gasteiger partial charge in [-0.05, 0) is 29.5 Å². The van der Waals surface area contributed by atoms with Gasteiger partial charge in [-0.15, -0.1) is 11.3 Å². The zero-order valence-electron chi connectivity index (χ0n) is 11.7. The molecule has 0 radical (unpaired) electrons. The third-order valence-corrected chi connectivity index (χ3v) is 3.82. The lowest BCUT2D eigenvalue weighted by molar-refractivity contribution is 0.112. The maximum Gasteiger partial charge on any atom is 0.160 e. The molecule has 100 valence electrons. The number of thiophene rings is 1. The zero-order chi connectivity index (χ0) is 14.0. The summed E-state index contributed by atoms with van der Waals surface area (Å²) >= 11 is 1.39. The Hall–Kier alpha value is -1.61. The first kappa shape index (κ1) is 13.8. The van der Waals surface area contributed by atoms with E-state index in [0.717, 1.165) is 23.3 Å². The highest BCUT2D eigenvalue weighted by Gasteiger charge is 2.15. The molecule has 0 aliphatic carbocycles. The molecule has 0 bridgehead atoms. The molecule has 0 aliphatic rings. The minimum atomic E-state index is 0.135. The van der Waals surface area contributed by atoms with Crippen molar-refractivity contribution in [2.75, 3.05) is 0 Å². The number of rotatable bonds is 3. The predicted molar refractivity (Wildman–Crippen MR) is 79.7 cm³/mol. The van der Waals surface area contributed by atoms with Gasteiger partial charge in [0.1, 0.15) is 11.5 Å². The van der Waals surface area contributed by atoms with Crippen molar-refractivity contribution in [3.05, 3.63) is 45.6 Å². The van der Waals surface area contributed by atoms with Gasteiger partial charge in [0.2, 0.25) is 0 Å². The van der Waals surface area contributed by atoms with E-state index in [1.54, 1.807) is 6.07 Å². The van der Waals surface area contributed by atoms with E-state index < -0.39 is 0 Å². The molecule has 0 saturated heterocycles. The van der Waals surface area contributed by atoms with Crippen LogP contribution in [0.1, 0.15) is 41.6 Å². The van der Waals surface area contributed by atoms with Crippen molar-refractivity contribution in [1.29, 1.82) is 0 Å². The highest BCUT2D eigenvalue weighted by molar-refractivity contribution is 7.11. The molecule has 1 aromatic carbocycles. The van der Waals surface area contributed by atoms with Crippen molar-refractivity contribution >= 4 is 17.6 Å². The van der Waals surface area contributed by atoms with Gasteiger partial charge in [0.15, 0.2) is 6.29 Å². The first-order valence-electron chi connectivity index (χ1n) is 6.23. The van der Waals surface area contributed by atoms with Crippen molar-refractivity contribution in [3.8, 4) is 11.5 Å². The number of carbonyl (C=O) groups is 1. The monoisotopic (exact) mass is 274 g/mol. The van der Waals surface area contributed by atoms with Crippen LogP contribution in [0.15, 0.2) is 29.6 Å². The van der Waals surface area contributed by atoms with E-state index in [-0.39, 0.29) is 5.41 Å². The van der Waals surface area contributed by atoms with E-state index in [9.17, 15) is 4.79 Å². The largest absolute Gasteiger partial charge is 0.456 e. The lowest BCUT2D eigenvalue weighted by Crippen LogP contribution is -2.11. The molecule has 0 amide bonds. The number of carbonyl (C=O) groups excluding carboxylic acids is 1. The summed E-state index contributed by atoms with van der Waals surface area (Å²) in [5.41, 5.74) is 2.53. The van der Waals surface area contributed by atoms with Crippen molar-refractivity contribution in [2.24, 2.45) is 0 Å². The number of benzene rings is 1. The van der Waals surface area contributed by atoms with Crippen molar-refractivity contribution < 1.29 is 9.53 Å². The molecule has 1 heterocycles. The Bertz CT molecular complexity index is 591. The van der Waals surface area contributed by atoms with E-state index in [0.29, 0.717) is 4.88 Å². The number of aldehydes is 1. The van der Waals surface area contributed by atoms with Crippen LogP contribution in [0.3, 0.4) is 0 Å². The van der Waals surface area contributed by atoms with Gasteiger partial charge in [-0.1, -0.05) is 32.9 Å². The SMILES string of the molecule is Cc1cc(C(C)(C)C)ccc1Oc1csc(C=O)c1. The second-order valence-electron chi connectivity index (χ2n) is 5.63. The second kappa shape index (κ2) is 5.17. The van der Waals surface area contributed by atoms with Crippen LogP contribution in [-0.2, 0) is 5.41 Å². The molecule has 2 rings (SSSR count). The van der Waals surface area contributed by atoms with Crippen LogP contribution in [0.25, 0.3) is 0 Å². The molecular formula is C16H18O2S. The summed E-state index contributed by atoms with van der Waals surface area (Å²) in [5, 5.41) is 1.85. The molecule has 19 heavy (non-hydrogen) atoms. The van der Waals surface area contributed by atoms with Crippen LogP contribution < -0.4 is 4.74 Å². The standard InChI is InChI=1S/C16H18O2S/c1-11-7-12(16(2,3)4)5-6-15(11)18-13-8-14(9-17)19-10-13/h5-10H,1-4H3. The summed E-state index contributed by atoms with van der Waals surface area (Å²) < 4.78 is 5.81. The van der Waals surface area contributed by atoms with Crippen LogP contribution in [0.4, 0.5) is 0 Å². The molecule has 0 saturated carbocycles. The van der Waals surface area contributed by atoms with E-state index in [1.165, 1.54) is 16.9 Å². The van der Waals surface area contributed by atoms with Gasteiger partial charge in [0, 0.05) is 11.4 Å². The summed E-state index contributed by atoms with van der Waals surface area (Å²) in [7, 11) is 0. The lowest BCUT2D eigenvalue weighted by atomic mass is 9.86. The minimum Gasteiger partial charge on any atom is -0.456 e. The maximum atomic E-state index is 10.6. The summed E-state index contributed by atoms with van der Waals surface area (Å²) in [5.74, 6) is 1.56. The Labute approximate surface area is 118 Å². The van der Waals surface area contributed by atoms with Crippen LogP contribution in [-0.4, -0.2) is 6.29 Å². The summed E-state index contributed by atoms with van der Waals surface area (Å²) in [6.07, 6.45) is 0.840. The fraction of sp³-hybridized carbons (Fsp3) is 0.312. The highest BCUT2D eigenvalue weighted by Crippen LogP contribution is 2.31. The van der Waals surface area contributed by atoms with Gasteiger partial charge in [-0.2, -0.15) is 0 Å². The molecule has 2 aromatic rings. The Morgan fingerprint density at radius 1 is 1.21 bits per heavy atom. The number of hydrogen-bond acceptors (Lipinski definition) is 3. The van der Waals surface area contributed by atoms with E-state index in [1.807, 2.05) is 18.4 Å². The van der Waals surface area contributed by atoms with Crippen molar-refractivity contribution in [1.82, 2.24) is 0 Å². The molecule has 0 atom stereocenters. The van der Waals surface area contributed by atoms with Crippen molar-refractivity contribution in [2.45, 2.75) is 33.1 Å². The summed E-state index contributed by atoms with van der Waals surface area (Å²) in [6, 6.07) is 8.00. The third-order valence-electron chi connectivity index (χ3n) is 2.98. The first-order chi connectivity index (χ1) is 8.90. The average Bonchev–Trinajstić information content (AvgIpc) is 2.78. The quantitative estimate of drug-likeness (QED) is 0.739. The van der Waals surface area contributed by atoms with Crippen LogP contribution in [0.2, 0.25) is 0 Å². The Morgan fingerprint density at radius 3 is 2.47 bits per heavy atom. The Kier molecular flexibility index (Phi) is 3.76. The van der Waals surface area contributed by atoms with Crippen LogP contribution in [0, 0.1) is 6.92 Å². The molecule has 0 spiro atoms. The predicted octanol–water partition coefficient (Wildman–Crippen LogP) is 4.96. The molecule has 0 unspecified atom stereocenters. The van der Waals surface area contributed by atoms with Crippen molar-refractivity contribution in [3.63, 3.8) is 0 Å². The summed E-state index contributed by atoms with van der Waals surface area (Å²) in [4.78, 5) is 11.3. The molecule has 0 N–H and O–H groups in total. The second-order valence-corrected chi connectivity index (χ2v) is 6.58. The number of ether oxygens (including phenoxy) is 1. The highest BCUT2D eigenvalue weighted by atomic mass is 32.1. The maximum absolute atomic E-state index is 10.6. The molecule has 0 aliphatic heterocycles. The third kappa shape index (κ3) is 3.24. The zero-order valence-corrected chi connectivity index (χ0v) is 12.5. The van der Waals surface area contributed by atoms with E-state index >= 15 is 0 Å². The number of hydrogen-bond donors (Lipinski definition) is 0. The molecule has 0 fully saturated rings. The topological polar surface area (TPSA) is 26.3 Å². The Morgan fingerprint density at radius 2 is 1.95 bits per heavy atom. The molecule has 1 aromatic heterocycles. The Balaban J connectivity index is 2.24. The van der Waals surface area contributed by atoms with Gasteiger partial charge in [0.25, 0.3) is 0 Å². The van der Waals surface area contributed by atoms with E-state index in [4.69, 9.17) is 4.74 Å².